The number of hydrogen-bond acceptors (Lipinski definition) is 1. The summed E-state index contributed by atoms with van der Waals surface area (Å²) in [5.41, 5.74) is -1.18. The van der Waals surface area contributed by atoms with Gasteiger partial charge in [-0.25, -0.2) is 4.98 Å². The molecule has 0 fully saturated rings. The summed E-state index contributed by atoms with van der Waals surface area (Å²) < 4.78 is 48.1. The Morgan fingerprint density at radius 1 is 1.25 bits per heavy atom. The normalized spacial score (nSPS) is 11.8. The van der Waals surface area contributed by atoms with Gasteiger partial charge in [0.05, 0.1) is 0 Å². The molecule has 1 aromatic rings. The van der Waals surface area contributed by atoms with Crippen molar-refractivity contribution >= 4 is 22.6 Å². The molecule has 0 bridgehead atoms. The smallest absolute Gasteiger partial charge is 0.214 e. The predicted molar refractivity (Wildman–Crippen MR) is 41.9 cm³/mol. The van der Waals surface area contributed by atoms with Gasteiger partial charge in [-0.15, -0.1) is 0 Å². The summed E-state index contributed by atoms with van der Waals surface area (Å²) in [7, 11) is 0. The summed E-state index contributed by atoms with van der Waals surface area (Å²) in [6, 6.07) is 1.92. The Hall–Kier alpha value is -0.400. The van der Waals surface area contributed by atoms with Gasteiger partial charge in [0.1, 0.15) is 0 Å². The van der Waals surface area contributed by atoms with Crippen LogP contribution >= 0.6 is 22.6 Å². The maximum absolute atomic E-state index is 12.3. The Morgan fingerprint density at radius 2 is 1.83 bits per heavy atom. The van der Waals surface area contributed by atoms with Crippen LogP contribution in [0, 0.1) is 9.52 Å². The largest absolute Gasteiger partial charge is 0.434 e. The number of nitrogens with zero attached hydrogens (tertiary/aromatic N) is 1. The van der Waals surface area contributed by atoms with Crippen molar-refractivity contribution in [3.8, 4) is 0 Å². The first-order valence-electron chi connectivity index (χ1n) is 2.80. The minimum absolute atomic E-state index is 0.110. The molecule has 0 unspecified atom stereocenters. The van der Waals surface area contributed by atoms with E-state index in [9.17, 15) is 17.6 Å². The van der Waals surface area contributed by atoms with Gasteiger partial charge in [0, 0.05) is 3.57 Å². The van der Waals surface area contributed by atoms with E-state index in [0.717, 1.165) is 12.1 Å². The van der Waals surface area contributed by atoms with Crippen LogP contribution in [-0.4, -0.2) is 4.98 Å². The summed E-state index contributed by atoms with van der Waals surface area (Å²) in [6.07, 6.45) is -4.58. The van der Waals surface area contributed by atoms with Crippen molar-refractivity contribution < 1.29 is 17.6 Å². The van der Waals surface area contributed by atoms with Gasteiger partial charge >= 0.3 is 6.18 Å². The molecule has 1 nitrogen and oxygen atoms in total. The first-order chi connectivity index (χ1) is 5.41. The predicted octanol–water partition coefficient (Wildman–Crippen LogP) is 2.84. The van der Waals surface area contributed by atoms with E-state index in [1.54, 1.807) is 0 Å². The van der Waals surface area contributed by atoms with Gasteiger partial charge in [-0.05, 0) is 34.7 Å². The van der Waals surface area contributed by atoms with Crippen LogP contribution in [0.2, 0.25) is 0 Å². The molecule has 1 heterocycles. The zero-order valence-corrected chi connectivity index (χ0v) is 7.65. The molecular formula is C6H2F4IN. The highest BCUT2D eigenvalue weighted by Crippen LogP contribution is 2.30. The molecule has 0 saturated heterocycles. The Bertz CT molecular complexity index is 296. The molecule has 6 heteroatoms. The van der Waals surface area contributed by atoms with Gasteiger partial charge in [-0.2, -0.15) is 17.6 Å². The second kappa shape index (κ2) is 3.15. The highest BCUT2D eigenvalue weighted by Gasteiger charge is 2.35. The number of alkyl halides is 3. The Morgan fingerprint density at radius 3 is 2.25 bits per heavy atom. The van der Waals surface area contributed by atoms with Crippen LogP contribution in [0.4, 0.5) is 17.6 Å². The second-order valence-electron chi connectivity index (χ2n) is 1.96. The van der Waals surface area contributed by atoms with E-state index in [1.165, 1.54) is 22.6 Å². The summed E-state index contributed by atoms with van der Waals surface area (Å²) in [4.78, 5) is 2.74. The van der Waals surface area contributed by atoms with Crippen LogP contribution in [0.3, 0.4) is 0 Å². The van der Waals surface area contributed by atoms with Gasteiger partial charge in [0.15, 0.2) is 5.69 Å². The summed E-state index contributed by atoms with van der Waals surface area (Å²) >= 11 is 1.45. The van der Waals surface area contributed by atoms with Gasteiger partial charge in [0.25, 0.3) is 0 Å². The lowest BCUT2D eigenvalue weighted by Gasteiger charge is -2.06. The molecule has 0 aliphatic heterocycles. The van der Waals surface area contributed by atoms with Crippen molar-refractivity contribution in [2.45, 2.75) is 6.18 Å². The second-order valence-corrected chi connectivity index (χ2v) is 3.12. The molecule has 12 heavy (non-hydrogen) atoms. The fourth-order valence-electron chi connectivity index (χ4n) is 0.617. The van der Waals surface area contributed by atoms with Crippen molar-refractivity contribution in [1.82, 2.24) is 4.98 Å². The molecule has 0 N–H and O–H groups in total. The van der Waals surface area contributed by atoms with E-state index in [2.05, 4.69) is 4.98 Å². The fraction of sp³-hybridized carbons (Fsp3) is 0.167. The first-order valence-corrected chi connectivity index (χ1v) is 3.88. The van der Waals surface area contributed by atoms with E-state index in [0.29, 0.717) is 0 Å². The van der Waals surface area contributed by atoms with E-state index in [-0.39, 0.29) is 3.57 Å². The summed E-state index contributed by atoms with van der Waals surface area (Å²) in [5, 5.41) is 0. The van der Waals surface area contributed by atoms with Crippen LogP contribution in [-0.2, 0) is 6.18 Å². The summed E-state index contributed by atoms with van der Waals surface area (Å²) in [5.74, 6) is -1.12. The third-order valence-corrected chi connectivity index (χ3v) is 1.95. The molecule has 1 aromatic heterocycles. The molecule has 0 aliphatic carbocycles. The van der Waals surface area contributed by atoms with Gasteiger partial charge < -0.3 is 0 Å². The molecule has 0 atom stereocenters. The maximum Gasteiger partial charge on any atom is 0.434 e. The third-order valence-electron chi connectivity index (χ3n) is 1.08. The zero-order chi connectivity index (χ0) is 9.35. The topological polar surface area (TPSA) is 12.9 Å². The minimum atomic E-state index is -4.58. The molecule has 0 aliphatic rings. The average molecular weight is 291 g/mol. The van der Waals surface area contributed by atoms with Crippen molar-refractivity contribution in [2.75, 3.05) is 0 Å². The number of aromatic nitrogens is 1. The highest BCUT2D eigenvalue weighted by molar-refractivity contribution is 14.1. The van der Waals surface area contributed by atoms with Crippen molar-refractivity contribution in [3.63, 3.8) is 0 Å². The summed E-state index contributed by atoms with van der Waals surface area (Å²) in [6.45, 7) is 0. The Balaban J connectivity index is 3.23. The lowest BCUT2D eigenvalue weighted by atomic mass is 10.3. The van der Waals surface area contributed by atoms with Crippen molar-refractivity contribution in [2.24, 2.45) is 0 Å². The van der Waals surface area contributed by atoms with E-state index in [1.807, 2.05) is 0 Å². The Labute approximate surface area is 78.9 Å². The van der Waals surface area contributed by atoms with Gasteiger partial charge in [-0.1, -0.05) is 0 Å². The molecular weight excluding hydrogens is 289 g/mol. The van der Waals surface area contributed by atoms with E-state index >= 15 is 0 Å². The van der Waals surface area contributed by atoms with E-state index < -0.39 is 17.8 Å². The van der Waals surface area contributed by atoms with E-state index in [4.69, 9.17) is 0 Å². The molecule has 0 amide bonds. The van der Waals surface area contributed by atoms with Crippen LogP contribution in [0.15, 0.2) is 12.1 Å². The molecule has 0 radical (unpaired) electrons. The zero-order valence-electron chi connectivity index (χ0n) is 5.49. The quantitative estimate of drug-likeness (QED) is 0.407. The highest BCUT2D eigenvalue weighted by atomic mass is 127. The van der Waals surface area contributed by atoms with Crippen molar-refractivity contribution in [1.29, 1.82) is 0 Å². The average Bonchev–Trinajstić information content (AvgIpc) is 1.92. The SMILES string of the molecule is Fc1ccc(I)c(C(F)(F)F)n1. The molecule has 66 valence electrons. The number of rotatable bonds is 0. The lowest BCUT2D eigenvalue weighted by Crippen LogP contribution is -2.11. The van der Waals surface area contributed by atoms with Crippen LogP contribution in [0.5, 0.6) is 0 Å². The third kappa shape index (κ3) is 2.05. The number of halogens is 5. The maximum atomic E-state index is 12.3. The van der Waals surface area contributed by atoms with Gasteiger partial charge in [0.2, 0.25) is 5.95 Å². The van der Waals surface area contributed by atoms with Gasteiger partial charge in [-0.3, -0.25) is 0 Å². The number of pyridine rings is 1. The van der Waals surface area contributed by atoms with Crippen LogP contribution in [0.25, 0.3) is 0 Å². The van der Waals surface area contributed by atoms with Crippen molar-refractivity contribution in [3.05, 3.63) is 27.3 Å². The van der Waals surface area contributed by atoms with Crippen LogP contribution in [0.1, 0.15) is 5.69 Å². The standard InChI is InChI=1S/C6H2F4IN/c7-4-2-1-3(11)5(12-4)6(8,9)10/h1-2H. The number of hydrogen-bond donors (Lipinski definition) is 0. The minimum Gasteiger partial charge on any atom is -0.214 e. The molecule has 0 saturated carbocycles. The Kier molecular flexibility index (Phi) is 2.55. The molecule has 0 aromatic carbocycles. The lowest BCUT2D eigenvalue weighted by molar-refractivity contribution is -0.142. The molecule has 1 rings (SSSR count). The van der Waals surface area contributed by atoms with Crippen LogP contribution < -0.4 is 0 Å². The first kappa shape index (κ1) is 9.69. The fourth-order valence-corrected chi connectivity index (χ4v) is 1.22. The monoisotopic (exact) mass is 291 g/mol. The molecule has 0 spiro atoms.